The monoisotopic (exact) mass is 404 g/mol. The first-order chi connectivity index (χ1) is 14.3. The molecule has 0 spiro atoms. The number of pyridine rings is 1. The average Bonchev–Trinajstić information content (AvgIpc) is 3.47. The van der Waals surface area contributed by atoms with E-state index in [0.29, 0.717) is 36.5 Å². The Kier molecular flexibility index (Phi) is 4.94. The summed E-state index contributed by atoms with van der Waals surface area (Å²) in [4.78, 5) is 40.4. The summed E-state index contributed by atoms with van der Waals surface area (Å²) in [6.07, 6.45) is 2.25. The van der Waals surface area contributed by atoms with E-state index in [1.165, 1.54) is 10.6 Å². The molecule has 1 saturated carbocycles. The fourth-order valence-corrected chi connectivity index (χ4v) is 3.90. The van der Waals surface area contributed by atoms with Crippen molar-refractivity contribution in [1.82, 2.24) is 14.8 Å². The fourth-order valence-electron chi connectivity index (χ4n) is 3.90. The van der Waals surface area contributed by atoms with E-state index in [2.05, 4.69) is 12.2 Å². The van der Waals surface area contributed by atoms with Crippen molar-refractivity contribution < 1.29 is 9.59 Å². The van der Waals surface area contributed by atoms with Gasteiger partial charge in [0, 0.05) is 26.2 Å². The molecule has 0 atom stereocenters. The van der Waals surface area contributed by atoms with Crippen molar-refractivity contribution in [2.75, 3.05) is 13.1 Å². The normalized spacial score (nSPS) is 16.6. The number of hydrogen-bond donors (Lipinski definition) is 1. The van der Waals surface area contributed by atoms with E-state index in [-0.39, 0.29) is 23.4 Å². The minimum Gasteiger partial charge on any atom is -0.348 e. The van der Waals surface area contributed by atoms with Crippen LogP contribution in [0.15, 0.2) is 35.1 Å². The average molecular weight is 404 g/mol. The van der Waals surface area contributed by atoms with Gasteiger partial charge in [0.25, 0.3) is 17.4 Å². The van der Waals surface area contributed by atoms with Gasteiger partial charge in [0.2, 0.25) is 0 Å². The highest BCUT2D eigenvalue weighted by atomic mass is 16.2. The molecule has 0 saturated heterocycles. The molecular weight excluding hydrogens is 380 g/mol. The van der Waals surface area contributed by atoms with Crippen molar-refractivity contribution in [2.24, 2.45) is 5.41 Å². The minimum absolute atomic E-state index is 0.0419. The summed E-state index contributed by atoms with van der Waals surface area (Å²) >= 11 is 0. The van der Waals surface area contributed by atoms with Crippen molar-refractivity contribution in [1.29, 1.82) is 5.26 Å². The van der Waals surface area contributed by atoms with Crippen LogP contribution >= 0.6 is 0 Å². The van der Waals surface area contributed by atoms with Gasteiger partial charge in [-0.15, -0.1) is 0 Å². The SMILES string of the molecule is Cc1cc(C(=O)NCc2ccc(C#N)cc2)c(=O)n2c1C(=O)N(CC1(C)CC1)CC2. The maximum atomic E-state index is 13.0. The molecule has 1 aliphatic heterocycles. The third-order valence-electron chi connectivity index (χ3n) is 6.02. The van der Waals surface area contributed by atoms with Crippen LogP contribution in [0.2, 0.25) is 0 Å². The van der Waals surface area contributed by atoms with Crippen molar-refractivity contribution in [3.8, 4) is 6.07 Å². The predicted molar refractivity (Wildman–Crippen MR) is 111 cm³/mol. The van der Waals surface area contributed by atoms with Gasteiger partial charge in [-0.2, -0.15) is 5.26 Å². The number of rotatable bonds is 5. The van der Waals surface area contributed by atoms with E-state index in [1.807, 2.05) is 11.0 Å². The molecule has 7 nitrogen and oxygen atoms in total. The summed E-state index contributed by atoms with van der Waals surface area (Å²) in [5.41, 5.74) is 2.21. The minimum atomic E-state index is -0.469. The van der Waals surface area contributed by atoms with Gasteiger partial charge in [-0.1, -0.05) is 19.1 Å². The lowest BCUT2D eigenvalue weighted by atomic mass is 10.0. The summed E-state index contributed by atoms with van der Waals surface area (Å²) < 4.78 is 1.44. The van der Waals surface area contributed by atoms with Gasteiger partial charge in [0.05, 0.1) is 11.6 Å². The van der Waals surface area contributed by atoms with Crippen LogP contribution < -0.4 is 10.9 Å². The Bertz CT molecular complexity index is 1120. The Balaban J connectivity index is 1.53. The van der Waals surface area contributed by atoms with Crippen LogP contribution in [-0.4, -0.2) is 34.4 Å². The predicted octanol–water partition coefficient (Wildman–Crippen LogP) is 2.21. The number of hydrogen-bond acceptors (Lipinski definition) is 4. The first-order valence-corrected chi connectivity index (χ1v) is 10.1. The highest BCUT2D eigenvalue weighted by Crippen LogP contribution is 2.45. The molecule has 0 bridgehead atoms. The lowest BCUT2D eigenvalue weighted by Gasteiger charge is -2.32. The number of carbonyl (C=O) groups is 2. The summed E-state index contributed by atoms with van der Waals surface area (Å²) in [5, 5.41) is 11.6. The van der Waals surface area contributed by atoms with Crippen molar-refractivity contribution in [3.63, 3.8) is 0 Å². The number of nitrogens with zero attached hydrogens (tertiary/aromatic N) is 3. The van der Waals surface area contributed by atoms with Crippen LogP contribution in [0.25, 0.3) is 0 Å². The maximum Gasteiger partial charge on any atom is 0.270 e. The topological polar surface area (TPSA) is 95.2 Å². The molecule has 2 aromatic rings. The van der Waals surface area contributed by atoms with E-state index in [4.69, 9.17) is 5.26 Å². The molecule has 1 aromatic carbocycles. The fraction of sp³-hybridized carbons (Fsp3) is 0.391. The number of nitriles is 1. The third-order valence-corrected chi connectivity index (χ3v) is 6.02. The van der Waals surface area contributed by atoms with Gasteiger partial charge < -0.3 is 14.8 Å². The third kappa shape index (κ3) is 3.73. The maximum absolute atomic E-state index is 13.0. The van der Waals surface area contributed by atoms with Crippen LogP contribution in [0.3, 0.4) is 0 Å². The highest BCUT2D eigenvalue weighted by molar-refractivity contribution is 5.98. The van der Waals surface area contributed by atoms with E-state index in [0.717, 1.165) is 18.4 Å². The Morgan fingerprint density at radius 1 is 1.20 bits per heavy atom. The smallest absolute Gasteiger partial charge is 0.270 e. The van der Waals surface area contributed by atoms with Gasteiger partial charge >= 0.3 is 0 Å². The molecule has 2 aliphatic rings. The number of nitrogens with one attached hydrogen (secondary N) is 1. The van der Waals surface area contributed by atoms with Crippen LogP contribution in [0.5, 0.6) is 0 Å². The van der Waals surface area contributed by atoms with Crippen molar-refractivity contribution >= 4 is 11.8 Å². The molecule has 1 aliphatic carbocycles. The molecule has 1 N–H and O–H groups in total. The largest absolute Gasteiger partial charge is 0.348 e. The Morgan fingerprint density at radius 2 is 1.90 bits per heavy atom. The van der Waals surface area contributed by atoms with Crippen LogP contribution in [0, 0.1) is 23.7 Å². The number of carbonyl (C=O) groups excluding carboxylic acids is 2. The number of aryl methyl sites for hydroxylation is 1. The van der Waals surface area contributed by atoms with Crippen molar-refractivity contribution in [2.45, 2.75) is 39.8 Å². The Morgan fingerprint density at radius 3 is 2.53 bits per heavy atom. The van der Waals surface area contributed by atoms with Gasteiger partial charge in [0.1, 0.15) is 11.3 Å². The first-order valence-electron chi connectivity index (χ1n) is 10.1. The second-order valence-electron chi connectivity index (χ2n) is 8.58. The zero-order valence-electron chi connectivity index (χ0n) is 17.2. The van der Waals surface area contributed by atoms with E-state index < -0.39 is 11.5 Å². The Labute approximate surface area is 174 Å². The standard InChI is InChI=1S/C23H24N4O3/c1-15-11-18(20(28)25-13-17-5-3-16(12-24)4-6-17)21(29)27-10-9-26(22(30)19(15)27)14-23(2)7-8-23/h3-6,11H,7-10,13-14H2,1-2H3,(H,25,28). The van der Waals surface area contributed by atoms with Gasteiger partial charge in [-0.05, 0) is 54.5 Å². The summed E-state index contributed by atoms with van der Waals surface area (Å²) in [6, 6.07) is 10.4. The molecular formula is C23H24N4O3. The van der Waals surface area contributed by atoms with Gasteiger partial charge in [0.15, 0.2) is 0 Å². The second-order valence-corrected chi connectivity index (χ2v) is 8.58. The number of aromatic nitrogens is 1. The number of benzene rings is 1. The van der Waals surface area contributed by atoms with Gasteiger partial charge in [-0.25, -0.2) is 0 Å². The van der Waals surface area contributed by atoms with E-state index in [9.17, 15) is 14.4 Å². The van der Waals surface area contributed by atoms with Crippen LogP contribution in [-0.2, 0) is 13.1 Å². The molecule has 0 radical (unpaired) electrons. The van der Waals surface area contributed by atoms with Crippen LogP contribution in [0.1, 0.15) is 57.3 Å². The zero-order valence-corrected chi connectivity index (χ0v) is 17.2. The van der Waals surface area contributed by atoms with E-state index in [1.54, 1.807) is 31.2 Å². The van der Waals surface area contributed by atoms with Gasteiger partial charge in [-0.3, -0.25) is 14.4 Å². The lowest BCUT2D eigenvalue weighted by molar-refractivity contribution is 0.0662. The quantitative estimate of drug-likeness (QED) is 0.827. The van der Waals surface area contributed by atoms with Crippen molar-refractivity contribution in [3.05, 3.63) is 68.6 Å². The van der Waals surface area contributed by atoms with Crippen LogP contribution in [0.4, 0.5) is 0 Å². The summed E-state index contributed by atoms with van der Waals surface area (Å²) in [6.45, 7) is 5.78. The molecule has 2 heterocycles. The number of amides is 2. The molecule has 2 amide bonds. The zero-order chi connectivity index (χ0) is 21.5. The first kappa shape index (κ1) is 19.9. The Hall–Kier alpha value is -3.40. The van der Waals surface area contributed by atoms with E-state index >= 15 is 0 Å². The second kappa shape index (κ2) is 7.45. The molecule has 4 rings (SSSR count). The molecule has 1 aromatic heterocycles. The molecule has 30 heavy (non-hydrogen) atoms. The molecule has 0 unspecified atom stereocenters. The highest BCUT2D eigenvalue weighted by Gasteiger charge is 2.41. The summed E-state index contributed by atoms with van der Waals surface area (Å²) in [5.74, 6) is -0.600. The number of fused-ring (bicyclic) bond motifs is 1. The molecule has 7 heteroatoms. The summed E-state index contributed by atoms with van der Waals surface area (Å²) in [7, 11) is 0. The molecule has 154 valence electrons. The molecule has 1 fully saturated rings. The lowest BCUT2D eigenvalue weighted by Crippen LogP contribution is -2.48.